The van der Waals surface area contributed by atoms with Crippen LogP contribution in [0.1, 0.15) is 16.7 Å². The number of rotatable bonds is 6. The minimum atomic E-state index is -2.93. The van der Waals surface area contributed by atoms with Crippen molar-refractivity contribution in [2.75, 3.05) is 0 Å². The van der Waals surface area contributed by atoms with E-state index >= 15 is 0 Å². The van der Waals surface area contributed by atoms with Crippen LogP contribution in [0, 0.1) is 20.8 Å². The van der Waals surface area contributed by atoms with Crippen LogP contribution in [-0.2, 0) is 0 Å². The molecular formula is C39H33ClSi. The first-order valence-corrected chi connectivity index (χ1v) is 17.1. The average Bonchev–Trinajstić information content (AvgIpc) is 3.02. The second-order valence-electron chi connectivity index (χ2n) is 11.0. The van der Waals surface area contributed by atoms with E-state index in [2.05, 4.69) is 166 Å². The van der Waals surface area contributed by atoms with Crippen LogP contribution in [0.25, 0.3) is 33.4 Å². The fraction of sp³-hybridized carbons (Fsp3) is 0.0769. The van der Waals surface area contributed by atoms with Gasteiger partial charge in [0.2, 0.25) is 7.38 Å². The maximum Gasteiger partial charge on any atom is 0.248 e. The Labute approximate surface area is 249 Å². The van der Waals surface area contributed by atoms with Gasteiger partial charge < -0.3 is 0 Å². The molecule has 0 atom stereocenters. The van der Waals surface area contributed by atoms with Gasteiger partial charge in [0.1, 0.15) is 0 Å². The van der Waals surface area contributed by atoms with E-state index in [1.165, 1.54) is 65.6 Å². The molecule has 0 N–H and O–H groups in total. The van der Waals surface area contributed by atoms with Gasteiger partial charge in [-0.15, -0.1) is 11.1 Å². The van der Waals surface area contributed by atoms with E-state index in [9.17, 15) is 0 Å². The molecule has 0 amide bonds. The zero-order valence-electron chi connectivity index (χ0n) is 23.7. The normalized spacial score (nSPS) is 11.4. The third-order valence-corrected chi connectivity index (χ3v) is 13.2. The molecule has 0 fully saturated rings. The fourth-order valence-corrected chi connectivity index (χ4v) is 9.58. The van der Waals surface area contributed by atoms with E-state index in [-0.39, 0.29) is 0 Å². The van der Waals surface area contributed by atoms with Gasteiger partial charge in [-0.2, -0.15) is 0 Å². The third-order valence-electron chi connectivity index (χ3n) is 7.94. The Hall–Kier alpha value is -4.17. The van der Waals surface area contributed by atoms with Gasteiger partial charge in [-0.1, -0.05) is 162 Å². The van der Waals surface area contributed by atoms with Crippen LogP contribution in [-0.4, -0.2) is 7.38 Å². The average molecular weight is 565 g/mol. The highest BCUT2D eigenvalue weighted by molar-refractivity contribution is 7.40. The van der Waals surface area contributed by atoms with Crippen molar-refractivity contribution in [2.45, 2.75) is 20.8 Å². The molecule has 0 bridgehead atoms. The second-order valence-corrected chi connectivity index (χ2v) is 15.7. The predicted octanol–water partition coefficient (Wildman–Crippen LogP) is 8.82. The van der Waals surface area contributed by atoms with E-state index in [1.807, 2.05) is 0 Å². The molecule has 2 heteroatoms. The smallest absolute Gasteiger partial charge is 0.149 e. The first kappa shape index (κ1) is 27.0. The van der Waals surface area contributed by atoms with Crippen molar-refractivity contribution < 1.29 is 0 Å². The molecule has 0 radical (unpaired) electrons. The van der Waals surface area contributed by atoms with Crippen LogP contribution in [0.15, 0.2) is 146 Å². The number of hydrogen-bond donors (Lipinski definition) is 0. The van der Waals surface area contributed by atoms with Crippen LogP contribution < -0.4 is 15.6 Å². The lowest BCUT2D eigenvalue weighted by molar-refractivity contribution is 1.47. The maximum absolute atomic E-state index is 8.11. The SMILES string of the molecule is Cc1ccc(-c2cccc([Si](Cl)(c3cccc(-c4ccc(C)cc4)c3)c3cccc(-c4ccc(C)cc4)c3)c2)cc1. The van der Waals surface area contributed by atoms with Crippen molar-refractivity contribution in [3.8, 4) is 33.4 Å². The van der Waals surface area contributed by atoms with Crippen LogP contribution in [0.5, 0.6) is 0 Å². The molecular weight excluding hydrogens is 532 g/mol. The summed E-state index contributed by atoms with van der Waals surface area (Å²) < 4.78 is 0. The van der Waals surface area contributed by atoms with E-state index in [4.69, 9.17) is 11.1 Å². The highest BCUT2D eigenvalue weighted by atomic mass is 35.6. The van der Waals surface area contributed by atoms with Gasteiger partial charge in [0, 0.05) is 0 Å². The van der Waals surface area contributed by atoms with E-state index in [1.54, 1.807) is 0 Å². The molecule has 0 nitrogen and oxygen atoms in total. The Balaban J connectivity index is 1.54. The zero-order valence-corrected chi connectivity index (χ0v) is 25.5. The molecule has 6 aromatic carbocycles. The van der Waals surface area contributed by atoms with Gasteiger partial charge in [0.15, 0.2) is 0 Å². The van der Waals surface area contributed by atoms with Gasteiger partial charge in [0.05, 0.1) is 0 Å². The van der Waals surface area contributed by atoms with Gasteiger partial charge in [0.25, 0.3) is 0 Å². The van der Waals surface area contributed by atoms with Crippen LogP contribution in [0.4, 0.5) is 0 Å². The summed E-state index contributed by atoms with van der Waals surface area (Å²) in [6, 6.07) is 52.8. The van der Waals surface area contributed by atoms with Crippen LogP contribution >= 0.6 is 11.1 Å². The highest BCUT2D eigenvalue weighted by Crippen LogP contribution is 2.25. The summed E-state index contributed by atoms with van der Waals surface area (Å²) in [5.74, 6) is 0. The first-order chi connectivity index (χ1) is 19.9. The molecule has 0 spiro atoms. The summed E-state index contributed by atoms with van der Waals surface area (Å²) in [6.07, 6.45) is 0. The van der Waals surface area contributed by atoms with E-state index < -0.39 is 7.38 Å². The van der Waals surface area contributed by atoms with Crippen LogP contribution in [0.3, 0.4) is 0 Å². The quantitative estimate of drug-likeness (QED) is 0.108. The Bertz CT molecular complexity index is 1590. The lowest BCUT2D eigenvalue weighted by Gasteiger charge is -2.28. The predicted molar refractivity (Wildman–Crippen MR) is 180 cm³/mol. The van der Waals surface area contributed by atoms with Gasteiger partial charge in [-0.25, -0.2) is 0 Å². The Morgan fingerprint density at radius 3 is 0.878 bits per heavy atom. The fourth-order valence-electron chi connectivity index (χ4n) is 5.48. The monoisotopic (exact) mass is 564 g/mol. The first-order valence-electron chi connectivity index (χ1n) is 14.1. The van der Waals surface area contributed by atoms with Crippen LogP contribution in [0.2, 0.25) is 0 Å². The van der Waals surface area contributed by atoms with Crippen molar-refractivity contribution in [1.29, 1.82) is 0 Å². The second kappa shape index (κ2) is 11.4. The van der Waals surface area contributed by atoms with Gasteiger partial charge in [-0.3, -0.25) is 0 Å². The molecule has 6 rings (SSSR count). The molecule has 0 saturated carbocycles. The van der Waals surface area contributed by atoms with Gasteiger partial charge in [-0.05, 0) is 69.7 Å². The van der Waals surface area contributed by atoms with E-state index in [0.29, 0.717) is 0 Å². The molecule has 0 saturated heterocycles. The van der Waals surface area contributed by atoms with Crippen molar-refractivity contribution >= 4 is 34.0 Å². The molecule has 0 aromatic heterocycles. The minimum Gasteiger partial charge on any atom is -0.149 e. The largest absolute Gasteiger partial charge is 0.248 e. The Morgan fingerprint density at radius 1 is 0.341 bits per heavy atom. The Kier molecular flexibility index (Phi) is 7.49. The Morgan fingerprint density at radius 2 is 0.610 bits per heavy atom. The number of benzene rings is 6. The zero-order chi connectivity index (χ0) is 28.4. The third kappa shape index (κ3) is 5.57. The van der Waals surface area contributed by atoms with Crippen molar-refractivity contribution in [3.05, 3.63) is 162 Å². The van der Waals surface area contributed by atoms with Crippen molar-refractivity contribution in [2.24, 2.45) is 0 Å². The molecule has 0 unspecified atom stereocenters. The highest BCUT2D eigenvalue weighted by Gasteiger charge is 2.38. The number of halogens is 1. The minimum absolute atomic E-state index is 1.18. The van der Waals surface area contributed by atoms with Crippen molar-refractivity contribution in [3.63, 3.8) is 0 Å². The molecule has 0 aliphatic rings. The molecule has 41 heavy (non-hydrogen) atoms. The summed E-state index contributed by atoms with van der Waals surface area (Å²) in [5.41, 5.74) is 10.9. The standard InChI is InChI=1S/C39H33ClSi/c1-28-13-19-31(20-14-28)34-7-4-10-37(25-34)41(40,38-11-5-8-35(26-38)32-21-15-29(2)16-22-32)39-12-6-9-36(27-39)33-23-17-30(3)18-24-33/h4-27H,1-3H3. The topological polar surface area (TPSA) is 0 Å². The summed E-state index contributed by atoms with van der Waals surface area (Å²) in [6.45, 7) is 6.37. The summed E-state index contributed by atoms with van der Waals surface area (Å²) in [5, 5.41) is 3.54. The van der Waals surface area contributed by atoms with E-state index in [0.717, 1.165) is 0 Å². The number of aryl methyl sites for hydroxylation is 3. The molecule has 6 aromatic rings. The van der Waals surface area contributed by atoms with Gasteiger partial charge >= 0.3 is 0 Å². The summed E-state index contributed by atoms with van der Waals surface area (Å²) >= 11 is 8.11. The van der Waals surface area contributed by atoms with Crippen molar-refractivity contribution in [1.82, 2.24) is 0 Å². The summed E-state index contributed by atoms with van der Waals surface area (Å²) in [7, 11) is -2.93. The molecule has 200 valence electrons. The number of hydrogen-bond acceptors (Lipinski definition) is 0. The maximum atomic E-state index is 8.11. The lowest BCUT2D eigenvalue weighted by Crippen LogP contribution is -2.63. The summed E-state index contributed by atoms with van der Waals surface area (Å²) in [4.78, 5) is 0. The lowest BCUT2D eigenvalue weighted by atomic mass is 10.0. The molecule has 0 aliphatic carbocycles. The molecule has 0 aliphatic heterocycles. The molecule has 0 heterocycles.